The third-order valence-electron chi connectivity index (χ3n) is 11.9. The Bertz CT molecular complexity index is 863. The summed E-state index contributed by atoms with van der Waals surface area (Å²) in [4.78, 5) is 23.6. The number of carbonyl (C=O) groups is 2. The topological polar surface area (TPSA) is 63.6 Å². The van der Waals surface area contributed by atoms with E-state index in [1.807, 2.05) is 0 Å². The molecule has 0 bridgehead atoms. The molecular formula is C53H100O4. The molecule has 0 aliphatic heterocycles. The number of unbranched alkanes of at least 4 members (excludes halogenated alkanes) is 35. The Hall–Kier alpha value is -1.58. The zero-order valence-electron chi connectivity index (χ0n) is 38.7. The standard InChI is InChI=1S/C53H100O4/c1-3-5-7-9-11-13-15-17-19-20-21-22-23-24-25-26-27-29-31-33-35-37-42-46-50-53(56)57-51(48-44-40-38-41-45-49-52(54)55)47-43-39-36-34-32-30-28-18-16-14-12-10-8-6-4-2/h16,18,30,32,51H,3-15,17,19-29,31,33-50H2,1-2H3,(H,54,55)/b18-16-,32-30-. The quantitative estimate of drug-likeness (QED) is 0.0378. The molecule has 1 N–H and O–H groups in total. The second-order valence-corrected chi connectivity index (χ2v) is 17.7. The molecule has 0 aliphatic rings. The van der Waals surface area contributed by atoms with Crippen LogP contribution in [0.15, 0.2) is 24.3 Å². The van der Waals surface area contributed by atoms with Crippen molar-refractivity contribution in [2.75, 3.05) is 0 Å². The van der Waals surface area contributed by atoms with E-state index in [2.05, 4.69) is 38.2 Å². The van der Waals surface area contributed by atoms with Crippen LogP contribution in [0, 0.1) is 0 Å². The number of rotatable bonds is 48. The molecule has 0 saturated heterocycles. The van der Waals surface area contributed by atoms with Gasteiger partial charge in [-0.2, -0.15) is 0 Å². The minimum atomic E-state index is -0.700. The summed E-state index contributed by atoms with van der Waals surface area (Å²) >= 11 is 0. The fourth-order valence-electron chi connectivity index (χ4n) is 8.10. The lowest BCUT2D eigenvalue weighted by atomic mass is 10.0. The van der Waals surface area contributed by atoms with E-state index in [1.165, 1.54) is 193 Å². The minimum Gasteiger partial charge on any atom is -0.481 e. The summed E-state index contributed by atoms with van der Waals surface area (Å²) in [6, 6.07) is 0. The van der Waals surface area contributed by atoms with Gasteiger partial charge in [0.05, 0.1) is 0 Å². The lowest BCUT2D eigenvalue weighted by molar-refractivity contribution is -0.150. The lowest BCUT2D eigenvalue weighted by Crippen LogP contribution is -2.18. The molecule has 0 rings (SSSR count). The summed E-state index contributed by atoms with van der Waals surface area (Å²) in [6.45, 7) is 4.57. The zero-order valence-corrected chi connectivity index (χ0v) is 38.7. The summed E-state index contributed by atoms with van der Waals surface area (Å²) < 4.78 is 6.04. The Morgan fingerprint density at radius 2 is 0.684 bits per heavy atom. The molecule has 0 aromatic heterocycles. The second-order valence-electron chi connectivity index (χ2n) is 17.7. The van der Waals surface area contributed by atoms with Crippen molar-refractivity contribution in [3.63, 3.8) is 0 Å². The highest BCUT2D eigenvalue weighted by atomic mass is 16.5. The van der Waals surface area contributed by atoms with E-state index >= 15 is 0 Å². The van der Waals surface area contributed by atoms with Gasteiger partial charge in [-0.15, -0.1) is 0 Å². The number of hydrogen-bond acceptors (Lipinski definition) is 3. The van der Waals surface area contributed by atoms with E-state index in [-0.39, 0.29) is 18.5 Å². The average molecular weight is 801 g/mol. The molecule has 0 aliphatic carbocycles. The van der Waals surface area contributed by atoms with Gasteiger partial charge in [0.15, 0.2) is 0 Å². The van der Waals surface area contributed by atoms with Gasteiger partial charge < -0.3 is 9.84 Å². The van der Waals surface area contributed by atoms with E-state index in [0.717, 1.165) is 77.0 Å². The monoisotopic (exact) mass is 801 g/mol. The molecule has 0 radical (unpaired) electrons. The largest absolute Gasteiger partial charge is 0.481 e. The summed E-state index contributed by atoms with van der Waals surface area (Å²) in [5.74, 6) is -0.703. The number of carbonyl (C=O) groups excluding carboxylic acids is 1. The highest BCUT2D eigenvalue weighted by Gasteiger charge is 2.14. The van der Waals surface area contributed by atoms with E-state index in [0.29, 0.717) is 6.42 Å². The molecule has 0 fully saturated rings. The van der Waals surface area contributed by atoms with Gasteiger partial charge >= 0.3 is 11.9 Å². The van der Waals surface area contributed by atoms with Gasteiger partial charge in [0.1, 0.15) is 6.10 Å². The fraction of sp³-hybridized carbons (Fsp3) is 0.887. The van der Waals surface area contributed by atoms with Crippen molar-refractivity contribution in [1.29, 1.82) is 0 Å². The van der Waals surface area contributed by atoms with Gasteiger partial charge in [-0.3, -0.25) is 9.59 Å². The summed E-state index contributed by atoms with van der Waals surface area (Å²) in [6.07, 6.45) is 63.8. The van der Waals surface area contributed by atoms with Crippen molar-refractivity contribution in [1.82, 2.24) is 0 Å². The minimum absolute atomic E-state index is 0.00258. The van der Waals surface area contributed by atoms with Crippen molar-refractivity contribution < 1.29 is 19.4 Å². The molecule has 1 unspecified atom stereocenters. The number of hydrogen-bond donors (Lipinski definition) is 1. The van der Waals surface area contributed by atoms with E-state index in [1.54, 1.807) is 0 Å². The third kappa shape index (κ3) is 48.7. The van der Waals surface area contributed by atoms with Gasteiger partial charge in [-0.25, -0.2) is 0 Å². The van der Waals surface area contributed by atoms with Crippen molar-refractivity contribution >= 4 is 11.9 Å². The molecule has 0 spiro atoms. The van der Waals surface area contributed by atoms with Crippen LogP contribution in [0.1, 0.15) is 296 Å². The second kappa shape index (κ2) is 48.8. The van der Waals surface area contributed by atoms with Crippen molar-refractivity contribution in [2.45, 2.75) is 302 Å². The van der Waals surface area contributed by atoms with Crippen LogP contribution >= 0.6 is 0 Å². The number of esters is 1. The number of carboxylic acids is 1. The first-order valence-corrected chi connectivity index (χ1v) is 25.8. The Morgan fingerprint density at radius 1 is 0.386 bits per heavy atom. The van der Waals surface area contributed by atoms with Crippen LogP contribution in [0.4, 0.5) is 0 Å². The third-order valence-corrected chi connectivity index (χ3v) is 11.9. The Morgan fingerprint density at radius 3 is 1.05 bits per heavy atom. The van der Waals surface area contributed by atoms with Gasteiger partial charge in [-0.1, -0.05) is 237 Å². The molecule has 0 amide bonds. The SMILES string of the molecule is CCCCCCC/C=C\C/C=C\CCCCCC(CCCCCCCC(=O)O)OC(=O)CCCCCCCCCCCCCCCCCCCCCCCCCC. The predicted octanol–water partition coefficient (Wildman–Crippen LogP) is 18.3. The smallest absolute Gasteiger partial charge is 0.306 e. The Balaban J connectivity index is 3.88. The predicted molar refractivity (Wildman–Crippen MR) is 250 cm³/mol. The molecule has 4 heteroatoms. The summed E-state index contributed by atoms with van der Waals surface area (Å²) in [7, 11) is 0. The zero-order chi connectivity index (χ0) is 41.4. The molecule has 0 aromatic rings. The molecular weight excluding hydrogens is 701 g/mol. The van der Waals surface area contributed by atoms with Crippen LogP contribution in [0.25, 0.3) is 0 Å². The van der Waals surface area contributed by atoms with Crippen LogP contribution in [-0.2, 0) is 14.3 Å². The number of allylic oxidation sites excluding steroid dienone is 4. The highest BCUT2D eigenvalue weighted by Crippen LogP contribution is 2.19. The number of ether oxygens (including phenoxy) is 1. The molecule has 0 saturated carbocycles. The van der Waals surface area contributed by atoms with Crippen LogP contribution in [0.3, 0.4) is 0 Å². The van der Waals surface area contributed by atoms with E-state index < -0.39 is 5.97 Å². The van der Waals surface area contributed by atoms with Gasteiger partial charge in [0, 0.05) is 12.8 Å². The molecule has 4 nitrogen and oxygen atoms in total. The molecule has 0 heterocycles. The average Bonchev–Trinajstić information content (AvgIpc) is 3.20. The Labute approximate surface area is 357 Å². The maximum absolute atomic E-state index is 12.8. The van der Waals surface area contributed by atoms with Crippen LogP contribution in [0.5, 0.6) is 0 Å². The van der Waals surface area contributed by atoms with Crippen molar-refractivity contribution in [2.24, 2.45) is 0 Å². The maximum atomic E-state index is 12.8. The Kier molecular flexibility index (Phi) is 47.4. The van der Waals surface area contributed by atoms with Gasteiger partial charge in [0.25, 0.3) is 0 Å². The van der Waals surface area contributed by atoms with Crippen molar-refractivity contribution in [3.05, 3.63) is 24.3 Å². The van der Waals surface area contributed by atoms with Crippen LogP contribution < -0.4 is 0 Å². The normalized spacial score (nSPS) is 12.3. The fourth-order valence-corrected chi connectivity index (χ4v) is 8.10. The maximum Gasteiger partial charge on any atom is 0.306 e. The van der Waals surface area contributed by atoms with Gasteiger partial charge in [0.2, 0.25) is 0 Å². The number of carboxylic acid groups (broad SMARTS) is 1. The summed E-state index contributed by atoms with van der Waals surface area (Å²) in [5, 5.41) is 8.87. The van der Waals surface area contributed by atoms with Crippen LogP contribution in [-0.4, -0.2) is 23.1 Å². The number of aliphatic carboxylic acids is 1. The molecule has 1 atom stereocenters. The van der Waals surface area contributed by atoms with E-state index in [9.17, 15) is 9.59 Å². The highest BCUT2D eigenvalue weighted by molar-refractivity contribution is 5.69. The molecule has 0 aromatic carbocycles. The van der Waals surface area contributed by atoms with Gasteiger partial charge in [-0.05, 0) is 70.6 Å². The van der Waals surface area contributed by atoms with Crippen molar-refractivity contribution in [3.8, 4) is 0 Å². The van der Waals surface area contributed by atoms with E-state index in [4.69, 9.17) is 9.84 Å². The van der Waals surface area contributed by atoms with Crippen LogP contribution in [0.2, 0.25) is 0 Å². The molecule has 336 valence electrons. The first-order valence-electron chi connectivity index (χ1n) is 25.8. The lowest BCUT2D eigenvalue weighted by Gasteiger charge is -2.18. The molecule has 57 heavy (non-hydrogen) atoms. The first-order chi connectivity index (χ1) is 28.1. The summed E-state index contributed by atoms with van der Waals surface area (Å²) in [5.41, 5.74) is 0. The first kappa shape index (κ1) is 55.4.